The number of ether oxygens (including phenoxy) is 2. The molecule has 2 rings (SSSR count). The molecule has 0 saturated carbocycles. The molecule has 21 heavy (non-hydrogen) atoms. The molecule has 2 aromatic rings. The van der Waals surface area contributed by atoms with E-state index in [0.29, 0.717) is 35.5 Å². The number of hydrogen-bond donors (Lipinski definition) is 0. The van der Waals surface area contributed by atoms with Gasteiger partial charge in [0.05, 0.1) is 17.2 Å². The number of carbonyl (C=O) groups is 1. The Hall–Kier alpha value is -2.07. The van der Waals surface area contributed by atoms with Crippen LogP contribution in [-0.2, 0) is 6.61 Å². The quantitative estimate of drug-likeness (QED) is 0.748. The molecule has 0 aromatic heterocycles. The van der Waals surface area contributed by atoms with Crippen LogP contribution in [0.25, 0.3) is 0 Å². The summed E-state index contributed by atoms with van der Waals surface area (Å²) in [6, 6.07) is 9.14. The Labute approximate surface area is 127 Å². The maximum atomic E-state index is 13.0. The maximum absolute atomic E-state index is 13.0. The van der Waals surface area contributed by atoms with Crippen LogP contribution < -0.4 is 9.47 Å². The summed E-state index contributed by atoms with van der Waals surface area (Å²) in [5.41, 5.74) is 1.01. The Bertz CT molecular complexity index is 643. The van der Waals surface area contributed by atoms with Crippen LogP contribution in [0.5, 0.6) is 11.5 Å². The predicted octanol–water partition coefficient (Wildman–Crippen LogP) is 4.27. The van der Waals surface area contributed by atoms with Gasteiger partial charge in [0.1, 0.15) is 12.4 Å². The Morgan fingerprint density at radius 2 is 2.05 bits per heavy atom. The van der Waals surface area contributed by atoms with Crippen molar-refractivity contribution in [1.29, 1.82) is 0 Å². The van der Waals surface area contributed by atoms with E-state index in [4.69, 9.17) is 21.1 Å². The van der Waals surface area contributed by atoms with E-state index in [9.17, 15) is 9.18 Å². The Morgan fingerprint density at radius 3 is 2.71 bits per heavy atom. The molecular formula is C16H14ClFO3. The molecule has 0 aliphatic rings. The van der Waals surface area contributed by atoms with Crippen molar-refractivity contribution in [3.63, 3.8) is 0 Å². The van der Waals surface area contributed by atoms with Crippen LogP contribution in [0.15, 0.2) is 36.4 Å². The van der Waals surface area contributed by atoms with Gasteiger partial charge in [-0.15, -0.1) is 0 Å². The number of para-hydroxylation sites is 1. The Kier molecular flexibility index (Phi) is 5.17. The topological polar surface area (TPSA) is 35.5 Å². The van der Waals surface area contributed by atoms with E-state index in [0.717, 1.165) is 0 Å². The Morgan fingerprint density at radius 1 is 1.24 bits per heavy atom. The summed E-state index contributed by atoms with van der Waals surface area (Å²) in [5.74, 6) is 0.433. The smallest absolute Gasteiger partial charge is 0.172 e. The second-order valence-electron chi connectivity index (χ2n) is 4.25. The first kappa shape index (κ1) is 15.3. The number of rotatable bonds is 6. The van der Waals surface area contributed by atoms with Gasteiger partial charge in [-0.2, -0.15) is 0 Å². The zero-order chi connectivity index (χ0) is 15.2. The monoisotopic (exact) mass is 308 g/mol. The van der Waals surface area contributed by atoms with Gasteiger partial charge in [-0.3, -0.25) is 4.79 Å². The lowest BCUT2D eigenvalue weighted by Gasteiger charge is -2.14. The maximum Gasteiger partial charge on any atom is 0.172 e. The lowest BCUT2D eigenvalue weighted by Crippen LogP contribution is -2.03. The molecule has 0 atom stereocenters. The number of carbonyl (C=O) groups excluding carboxylic acids is 1. The lowest BCUT2D eigenvalue weighted by molar-refractivity contribution is 0.111. The number of halogens is 2. The molecule has 0 N–H and O–H groups in total. The van der Waals surface area contributed by atoms with Crippen LogP contribution >= 0.6 is 11.6 Å². The van der Waals surface area contributed by atoms with Gasteiger partial charge in [0, 0.05) is 5.56 Å². The molecule has 3 nitrogen and oxygen atoms in total. The number of hydrogen-bond acceptors (Lipinski definition) is 3. The van der Waals surface area contributed by atoms with Crippen molar-refractivity contribution < 1.29 is 18.7 Å². The lowest BCUT2D eigenvalue weighted by atomic mass is 10.2. The second-order valence-corrected chi connectivity index (χ2v) is 4.66. The van der Waals surface area contributed by atoms with Crippen LogP contribution in [0.2, 0.25) is 5.02 Å². The van der Waals surface area contributed by atoms with Crippen molar-refractivity contribution in [2.75, 3.05) is 6.61 Å². The largest absolute Gasteiger partial charge is 0.490 e. The number of aldehydes is 1. The van der Waals surface area contributed by atoms with E-state index < -0.39 is 5.82 Å². The first-order valence-corrected chi connectivity index (χ1v) is 6.81. The molecule has 0 aliphatic heterocycles. The van der Waals surface area contributed by atoms with Crippen molar-refractivity contribution in [2.45, 2.75) is 13.5 Å². The van der Waals surface area contributed by atoms with Gasteiger partial charge in [0.25, 0.3) is 0 Å². The molecule has 0 bridgehead atoms. The van der Waals surface area contributed by atoms with Crippen molar-refractivity contribution in [3.05, 3.63) is 58.4 Å². The highest BCUT2D eigenvalue weighted by atomic mass is 35.5. The molecule has 0 unspecified atom stereocenters. The van der Waals surface area contributed by atoms with E-state index in [1.54, 1.807) is 24.3 Å². The first-order chi connectivity index (χ1) is 10.2. The summed E-state index contributed by atoms with van der Waals surface area (Å²) in [6.07, 6.45) is 0.699. The standard InChI is InChI=1S/C16H14ClFO3/c1-2-20-15-5-3-4-11(9-19)16(15)21-10-12-6-7-13(18)8-14(12)17/h3-9H,2,10H2,1H3. The molecule has 0 aliphatic carbocycles. The fourth-order valence-corrected chi connectivity index (χ4v) is 2.06. The van der Waals surface area contributed by atoms with Crippen LogP contribution in [0, 0.1) is 5.82 Å². The zero-order valence-corrected chi connectivity index (χ0v) is 12.2. The van der Waals surface area contributed by atoms with Crippen molar-refractivity contribution in [1.82, 2.24) is 0 Å². The minimum Gasteiger partial charge on any atom is -0.490 e. The SMILES string of the molecule is CCOc1cccc(C=O)c1OCc1ccc(F)cc1Cl. The first-order valence-electron chi connectivity index (χ1n) is 6.43. The van der Waals surface area contributed by atoms with E-state index in [-0.39, 0.29) is 11.6 Å². The van der Waals surface area contributed by atoms with Crippen molar-refractivity contribution >= 4 is 17.9 Å². The molecule has 0 saturated heterocycles. The molecule has 5 heteroatoms. The van der Waals surface area contributed by atoms with Gasteiger partial charge in [-0.05, 0) is 31.2 Å². The van der Waals surface area contributed by atoms with Gasteiger partial charge in [0.15, 0.2) is 17.8 Å². The average Bonchev–Trinajstić information content (AvgIpc) is 2.47. The van der Waals surface area contributed by atoms with Gasteiger partial charge in [0.2, 0.25) is 0 Å². The molecule has 0 spiro atoms. The summed E-state index contributed by atoms with van der Waals surface area (Å²) in [4.78, 5) is 11.1. The second kappa shape index (κ2) is 7.09. The summed E-state index contributed by atoms with van der Waals surface area (Å²) < 4.78 is 24.1. The van der Waals surface area contributed by atoms with E-state index in [1.807, 2.05) is 6.92 Å². The minimum atomic E-state index is -0.410. The molecule has 2 aromatic carbocycles. The van der Waals surface area contributed by atoms with Crippen LogP contribution in [0.1, 0.15) is 22.8 Å². The molecule has 110 valence electrons. The highest BCUT2D eigenvalue weighted by molar-refractivity contribution is 6.31. The third-order valence-corrected chi connectivity index (χ3v) is 3.18. The summed E-state index contributed by atoms with van der Waals surface area (Å²) >= 11 is 5.95. The van der Waals surface area contributed by atoms with Crippen LogP contribution in [0.4, 0.5) is 4.39 Å². The van der Waals surface area contributed by atoms with Crippen molar-refractivity contribution in [2.24, 2.45) is 0 Å². The Balaban J connectivity index is 2.24. The van der Waals surface area contributed by atoms with E-state index in [1.165, 1.54) is 12.1 Å². The van der Waals surface area contributed by atoms with Gasteiger partial charge in [-0.1, -0.05) is 23.7 Å². The summed E-state index contributed by atoms with van der Waals surface area (Å²) in [5, 5.41) is 0.275. The van der Waals surface area contributed by atoms with Gasteiger partial charge < -0.3 is 9.47 Å². The fraction of sp³-hybridized carbons (Fsp3) is 0.188. The third-order valence-electron chi connectivity index (χ3n) is 2.82. The number of benzene rings is 2. The molecule has 0 heterocycles. The van der Waals surface area contributed by atoms with Gasteiger partial charge in [-0.25, -0.2) is 4.39 Å². The molecule has 0 radical (unpaired) electrons. The van der Waals surface area contributed by atoms with E-state index in [2.05, 4.69) is 0 Å². The normalized spacial score (nSPS) is 10.2. The van der Waals surface area contributed by atoms with Gasteiger partial charge >= 0.3 is 0 Å². The third kappa shape index (κ3) is 3.73. The minimum absolute atomic E-state index is 0.115. The molecule has 0 amide bonds. The molecular weight excluding hydrogens is 295 g/mol. The predicted molar refractivity (Wildman–Crippen MR) is 78.7 cm³/mol. The highest BCUT2D eigenvalue weighted by Gasteiger charge is 2.12. The summed E-state index contributed by atoms with van der Waals surface area (Å²) in [7, 11) is 0. The zero-order valence-electron chi connectivity index (χ0n) is 11.4. The summed E-state index contributed by atoms with van der Waals surface area (Å²) in [6.45, 7) is 2.41. The van der Waals surface area contributed by atoms with Crippen LogP contribution in [-0.4, -0.2) is 12.9 Å². The average molecular weight is 309 g/mol. The fourth-order valence-electron chi connectivity index (χ4n) is 1.84. The van der Waals surface area contributed by atoms with Crippen LogP contribution in [0.3, 0.4) is 0 Å². The van der Waals surface area contributed by atoms with Crippen molar-refractivity contribution in [3.8, 4) is 11.5 Å². The van der Waals surface area contributed by atoms with E-state index >= 15 is 0 Å². The molecule has 0 fully saturated rings. The highest BCUT2D eigenvalue weighted by Crippen LogP contribution is 2.31.